The molecule has 24 heavy (non-hydrogen) atoms. The van der Waals surface area contributed by atoms with Crippen LogP contribution in [0.4, 0.5) is 0 Å². The average molecular weight is 320 g/mol. The molecule has 0 aliphatic rings. The minimum Gasteiger partial charge on any atom is -0.506 e. The van der Waals surface area contributed by atoms with Gasteiger partial charge in [-0.15, -0.1) is 0 Å². The Morgan fingerprint density at radius 1 is 1.21 bits per heavy atom. The van der Waals surface area contributed by atoms with Crippen molar-refractivity contribution in [3.05, 3.63) is 60.0 Å². The second-order valence-electron chi connectivity index (χ2n) is 6.18. The summed E-state index contributed by atoms with van der Waals surface area (Å²) in [6.45, 7) is 4.01. The molecule has 0 saturated heterocycles. The lowest BCUT2D eigenvalue weighted by Gasteiger charge is -2.11. The fraction of sp³-hybridized carbons (Fsp3) is 0.158. The molecule has 2 aromatic heterocycles. The Kier molecular flexibility index (Phi) is 3.16. The summed E-state index contributed by atoms with van der Waals surface area (Å²) >= 11 is 0. The first-order valence-electron chi connectivity index (χ1n) is 7.78. The van der Waals surface area contributed by atoms with E-state index in [1.54, 1.807) is 18.5 Å². The number of hydrogen-bond donors (Lipinski definition) is 1. The van der Waals surface area contributed by atoms with Gasteiger partial charge in [0.2, 0.25) is 0 Å². The molecular formula is C19H16N2O3. The Bertz CT molecular complexity index is 1040. The summed E-state index contributed by atoms with van der Waals surface area (Å²) in [6.07, 6.45) is 4.98. The lowest BCUT2D eigenvalue weighted by Crippen LogP contribution is -2.10. The van der Waals surface area contributed by atoms with Gasteiger partial charge in [-0.25, -0.2) is 0 Å². The minimum absolute atomic E-state index is 0.0987. The number of nitrogens with zero attached hydrogens (tertiary/aromatic N) is 2. The molecule has 5 heteroatoms. The Morgan fingerprint density at radius 3 is 2.50 bits per heavy atom. The minimum atomic E-state index is -0.284. The van der Waals surface area contributed by atoms with Crippen LogP contribution < -0.4 is 0 Å². The lowest BCUT2D eigenvalue weighted by atomic mass is 9.97. The molecule has 0 radical (unpaired) electrons. The Hall–Kier alpha value is -3.08. The lowest BCUT2D eigenvalue weighted by molar-refractivity contribution is 0.0958. The molecule has 0 saturated carbocycles. The number of phenolic OH excluding ortho intramolecular Hbond substituents is 1. The van der Waals surface area contributed by atoms with Crippen LogP contribution in [0.2, 0.25) is 0 Å². The van der Waals surface area contributed by atoms with Crippen molar-refractivity contribution >= 4 is 27.6 Å². The molecule has 0 bridgehead atoms. The number of benzene rings is 2. The van der Waals surface area contributed by atoms with Gasteiger partial charge in [0.25, 0.3) is 5.91 Å². The van der Waals surface area contributed by atoms with Gasteiger partial charge in [0.1, 0.15) is 5.75 Å². The van der Waals surface area contributed by atoms with E-state index in [4.69, 9.17) is 4.52 Å². The van der Waals surface area contributed by atoms with Gasteiger partial charge < -0.3 is 9.63 Å². The molecule has 5 nitrogen and oxygen atoms in total. The number of fused-ring (bicyclic) bond motifs is 2. The van der Waals surface area contributed by atoms with Crippen LogP contribution in [0.5, 0.6) is 5.75 Å². The van der Waals surface area contributed by atoms with Crippen molar-refractivity contribution in [1.82, 2.24) is 9.72 Å². The number of rotatable bonds is 2. The fourth-order valence-electron chi connectivity index (χ4n) is 2.98. The van der Waals surface area contributed by atoms with Crippen molar-refractivity contribution in [3.63, 3.8) is 0 Å². The Balaban J connectivity index is 1.91. The highest BCUT2D eigenvalue weighted by molar-refractivity contribution is 6.05. The monoisotopic (exact) mass is 320 g/mol. The van der Waals surface area contributed by atoms with Crippen molar-refractivity contribution in [2.45, 2.75) is 19.8 Å². The largest absolute Gasteiger partial charge is 0.506 e. The number of aromatic hydroxyl groups is 1. The van der Waals surface area contributed by atoms with Crippen LogP contribution in [0, 0.1) is 0 Å². The maximum absolute atomic E-state index is 12.9. The molecule has 2 heterocycles. The van der Waals surface area contributed by atoms with Crippen molar-refractivity contribution in [1.29, 1.82) is 0 Å². The predicted octanol–water partition coefficient (Wildman–Crippen LogP) is 4.30. The maximum Gasteiger partial charge on any atom is 0.265 e. The van der Waals surface area contributed by atoms with Crippen molar-refractivity contribution in [2.75, 3.05) is 0 Å². The smallest absolute Gasteiger partial charge is 0.265 e. The third-order valence-electron chi connectivity index (χ3n) is 4.28. The van der Waals surface area contributed by atoms with Crippen molar-refractivity contribution < 1.29 is 14.4 Å². The van der Waals surface area contributed by atoms with E-state index in [1.807, 2.05) is 38.1 Å². The summed E-state index contributed by atoms with van der Waals surface area (Å²) in [5, 5.41) is 16.7. The predicted molar refractivity (Wildman–Crippen MR) is 91.4 cm³/mol. The van der Waals surface area contributed by atoms with E-state index < -0.39 is 0 Å². The number of carbonyl (C=O) groups is 1. The van der Waals surface area contributed by atoms with E-state index in [1.165, 1.54) is 10.8 Å². The van der Waals surface area contributed by atoms with E-state index >= 15 is 0 Å². The van der Waals surface area contributed by atoms with Gasteiger partial charge in [-0.05, 0) is 22.8 Å². The van der Waals surface area contributed by atoms with Gasteiger partial charge in [0.05, 0.1) is 17.1 Å². The van der Waals surface area contributed by atoms with Crippen LogP contribution in [0.15, 0.2) is 53.4 Å². The second-order valence-corrected chi connectivity index (χ2v) is 6.18. The molecule has 0 fully saturated rings. The molecular weight excluding hydrogens is 304 g/mol. The van der Waals surface area contributed by atoms with Crippen LogP contribution in [0.3, 0.4) is 0 Å². The van der Waals surface area contributed by atoms with Gasteiger partial charge >= 0.3 is 0 Å². The number of hydrogen-bond acceptors (Lipinski definition) is 4. The first-order chi connectivity index (χ1) is 11.6. The summed E-state index contributed by atoms with van der Waals surface area (Å²) in [4.78, 5) is 12.9. The number of carbonyl (C=O) groups excluding carboxylic acids is 1. The zero-order valence-electron chi connectivity index (χ0n) is 13.4. The molecule has 0 amide bonds. The van der Waals surface area contributed by atoms with Gasteiger partial charge in [0.15, 0.2) is 5.58 Å². The van der Waals surface area contributed by atoms with Gasteiger partial charge in [-0.3, -0.25) is 9.36 Å². The molecule has 2 aromatic carbocycles. The molecule has 0 atom stereocenters. The zero-order chi connectivity index (χ0) is 16.8. The standard InChI is InChI=1S/C19H16N2O3/c1-11(2)14-7-15(17(22)16-8-20-24-18(14)16)19(23)21-9-12-5-3-4-6-13(12)10-21/h3-11,22H,1-2H3. The topological polar surface area (TPSA) is 68.3 Å². The quantitative estimate of drug-likeness (QED) is 0.598. The highest BCUT2D eigenvalue weighted by atomic mass is 16.5. The van der Waals surface area contributed by atoms with Crippen LogP contribution in [-0.2, 0) is 0 Å². The Morgan fingerprint density at radius 2 is 1.88 bits per heavy atom. The van der Waals surface area contributed by atoms with Crippen molar-refractivity contribution in [3.8, 4) is 5.75 Å². The van der Waals surface area contributed by atoms with E-state index in [0.717, 1.165) is 16.3 Å². The third-order valence-corrected chi connectivity index (χ3v) is 4.28. The van der Waals surface area contributed by atoms with Crippen LogP contribution in [-0.4, -0.2) is 20.7 Å². The highest BCUT2D eigenvalue weighted by Gasteiger charge is 2.22. The first-order valence-corrected chi connectivity index (χ1v) is 7.78. The normalized spacial score (nSPS) is 11.6. The summed E-state index contributed by atoms with van der Waals surface area (Å²) in [5.41, 5.74) is 1.62. The summed E-state index contributed by atoms with van der Waals surface area (Å²) in [5.74, 6) is -0.247. The molecule has 4 aromatic rings. The van der Waals surface area contributed by atoms with Crippen LogP contribution >= 0.6 is 0 Å². The summed E-state index contributed by atoms with van der Waals surface area (Å²) < 4.78 is 6.75. The van der Waals surface area contributed by atoms with Crippen LogP contribution in [0.25, 0.3) is 21.7 Å². The van der Waals surface area contributed by atoms with E-state index in [9.17, 15) is 9.90 Å². The van der Waals surface area contributed by atoms with E-state index in [2.05, 4.69) is 5.16 Å². The fourth-order valence-corrected chi connectivity index (χ4v) is 2.98. The van der Waals surface area contributed by atoms with E-state index in [-0.39, 0.29) is 23.1 Å². The highest BCUT2D eigenvalue weighted by Crippen LogP contribution is 2.35. The van der Waals surface area contributed by atoms with Crippen LogP contribution in [0.1, 0.15) is 35.7 Å². The van der Waals surface area contributed by atoms with Gasteiger partial charge in [-0.1, -0.05) is 43.3 Å². The number of phenols is 1. The second kappa shape index (κ2) is 5.23. The van der Waals surface area contributed by atoms with E-state index in [0.29, 0.717) is 11.0 Å². The van der Waals surface area contributed by atoms with Gasteiger partial charge in [-0.2, -0.15) is 0 Å². The summed E-state index contributed by atoms with van der Waals surface area (Å²) in [7, 11) is 0. The molecule has 0 aliphatic heterocycles. The maximum atomic E-state index is 12.9. The average Bonchev–Trinajstić information content (AvgIpc) is 3.21. The van der Waals surface area contributed by atoms with Gasteiger partial charge in [0, 0.05) is 18.0 Å². The van der Waals surface area contributed by atoms with Crippen molar-refractivity contribution in [2.24, 2.45) is 0 Å². The molecule has 0 aliphatic carbocycles. The first kappa shape index (κ1) is 14.5. The molecule has 1 N–H and O–H groups in total. The molecule has 4 rings (SSSR count). The SMILES string of the molecule is CC(C)c1cc(C(=O)n2cc3ccccc3c2)c(O)c2cnoc12. The molecule has 0 spiro atoms. The zero-order valence-corrected chi connectivity index (χ0v) is 13.4. The number of aromatic nitrogens is 2. The third kappa shape index (κ3) is 2.09. The summed E-state index contributed by atoms with van der Waals surface area (Å²) in [6, 6.07) is 9.44. The Labute approximate surface area is 138 Å². The molecule has 0 unspecified atom stereocenters. The molecule has 120 valence electrons.